The SMILES string of the molecule is Cc1cc(=O)c(C(=O)NCC#Cc2ccccc2)nn1-c1ccccc1F. The smallest absolute Gasteiger partial charge is 0.276 e. The lowest BCUT2D eigenvalue weighted by Crippen LogP contribution is -2.32. The van der Waals surface area contributed by atoms with Crippen molar-refractivity contribution in [2.45, 2.75) is 6.92 Å². The Morgan fingerprint density at radius 3 is 2.59 bits per heavy atom. The number of rotatable bonds is 3. The number of aryl methyl sites for hydroxylation is 1. The average molecular weight is 361 g/mol. The van der Waals surface area contributed by atoms with Gasteiger partial charge in [-0.15, -0.1) is 0 Å². The Labute approximate surface area is 155 Å². The van der Waals surface area contributed by atoms with Gasteiger partial charge in [0.2, 0.25) is 5.43 Å². The second kappa shape index (κ2) is 8.11. The van der Waals surface area contributed by atoms with Crippen LogP contribution in [0.15, 0.2) is 65.5 Å². The van der Waals surface area contributed by atoms with Gasteiger partial charge in [0.05, 0.1) is 6.54 Å². The maximum atomic E-state index is 14.0. The molecule has 1 heterocycles. The summed E-state index contributed by atoms with van der Waals surface area (Å²) in [6.07, 6.45) is 0. The van der Waals surface area contributed by atoms with Crippen LogP contribution in [0.5, 0.6) is 0 Å². The molecule has 0 saturated carbocycles. The van der Waals surface area contributed by atoms with Crippen LogP contribution < -0.4 is 10.7 Å². The zero-order valence-corrected chi connectivity index (χ0v) is 14.6. The molecular weight excluding hydrogens is 345 g/mol. The number of carbonyl (C=O) groups excluding carboxylic acids is 1. The van der Waals surface area contributed by atoms with Gasteiger partial charge in [0.1, 0.15) is 11.5 Å². The molecule has 0 saturated heterocycles. The van der Waals surface area contributed by atoms with Gasteiger partial charge in [0, 0.05) is 17.3 Å². The third-order valence-electron chi connectivity index (χ3n) is 3.75. The van der Waals surface area contributed by atoms with E-state index in [0.717, 1.165) is 5.56 Å². The lowest BCUT2D eigenvalue weighted by molar-refractivity contribution is 0.0950. The van der Waals surface area contributed by atoms with Crippen molar-refractivity contribution in [3.8, 4) is 17.5 Å². The topological polar surface area (TPSA) is 64.0 Å². The fourth-order valence-electron chi connectivity index (χ4n) is 2.45. The van der Waals surface area contributed by atoms with Crippen molar-refractivity contribution in [1.82, 2.24) is 15.1 Å². The summed E-state index contributed by atoms with van der Waals surface area (Å²) in [6, 6.07) is 16.6. The highest BCUT2D eigenvalue weighted by Gasteiger charge is 2.16. The van der Waals surface area contributed by atoms with Crippen molar-refractivity contribution in [2.24, 2.45) is 0 Å². The van der Waals surface area contributed by atoms with Gasteiger partial charge in [0.25, 0.3) is 5.91 Å². The number of hydrogen-bond donors (Lipinski definition) is 1. The summed E-state index contributed by atoms with van der Waals surface area (Å²) in [5.74, 6) is 4.55. The molecule has 0 aliphatic carbocycles. The monoisotopic (exact) mass is 361 g/mol. The number of aromatic nitrogens is 2. The number of benzene rings is 2. The van der Waals surface area contributed by atoms with Crippen molar-refractivity contribution in [3.63, 3.8) is 0 Å². The molecule has 0 bridgehead atoms. The largest absolute Gasteiger partial charge is 0.340 e. The van der Waals surface area contributed by atoms with Gasteiger partial charge in [-0.3, -0.25) is 9.59 Å². The minimum atomic E-state index is -0.660. The number of nitrogens with zero attached hydrogens (tertiary/aromatic N) is 2. The van der Waals surface area contributed by atoms with Crippen molar-refractivity contribution in [1.29, 1.82) is 0 Å². The number of carbonyl (C=O) groups is 1. The Hall–Kier alpha value is -3.72. The lowest BCUT2D eigenvalue weighted by Gasteiger charge is -2.11. The molecule has 0 unspecified atom stereocenters. The summed E-state index contributed by atoms with van der Waals surface area (Å²) in [5, 5.41) is 6.58. The third-order valence-corrected chi connectivity index (χ3v) is 3.75. The molecular formula is C21H16FN3O2. The van der Waals surface area contributed by atoms with E-state index in [1.807, 2.05) is 30.3 Å². The highest BCUT2D eigenvalue weighted by molar-refractivity contribution is 5.92. The second-order valence-electron chi connectivity index (χ2n) is 5.71. The van der Waals surface area contributed by atoms with E-state index in [0.29, 0.717) is 5.69 Å². The van der Waals surface area contributed by atoms with E-state index in [4.69, 9.17) is 0 Å². The summed E-state index contributed by atoms with van der Waals surface area (Å²) >= 11 is 0. The standard InChI is InChI=1S/C21H16FN3O2/c1-15-14-19(26)20(24-25(15)18-12-6-5-11-17(18)22)21(27)23-13-7-10-16-8-3-2-4-9-16/h2-6,8-9,11-12,14H,13H2,1H3,(H,23,27). The maximum absolute atomic E-state index is 14.0. The molecule has 0 fully saturated rings. The van der Waals surface area contributed by atoms with Crippen LogP contribution in [-0.2, 0) is 0 Å². The minimum absolute atomic E-state index is 0.0580. The van der Waals surface area contributed by atoms with Gasteiger partial charge in [-0.25, -0.2) is 9.07 Å². The van der Waals surface area contributed by atoms with E-state index in [1.165, 1.54) is 22.9 Å². The molecule has 1 amide bonds. The number of para-hydroxylation sites is 1. The minimum Gasteiger partial charge on any atom is -0.340 e. The molecule has 1 aromatic heterocycles. The zero-order valence-electron chi connectivity index (χ0n) is 14.6. The molecule has 0 aliphatic rings. The Kier molecular flexibility index (Phi) is 5.43. The van der Waals surface area contributed by atoms with Gasteiger partial charge in [-0.05, 0) is 31.2 Å². The number of nitrogens with one attached hydrogen (secondary N) is 1. The Bertz CT molecular complexity index is 1100. The number of halogens is 1. The molecule has 1 N–H and O–H groups in total. The van der Waals surface area contributed by atoms with E-state index in [-0.39, 0.29) is 17.9 Å². The summed E-state index contributed by atoms with van der Waals surface area (Å²) in [5.41, 5.74) is 0.555. The Morgan fingerprint density at radius 1 is 1.15 bits per heavy atom. The van der Waals surface area contributed by atoms with Crippen molar-refractivity contribution < 1.29 is 9.18 Å². The zero-order chi connectivity index (χ0) is 19.2. The molecule has 0 spiro atoms. The van der Waals surface area contributed by atoms with Crippen LogP contribution in [-0.4, -0.2) is 22.2 Å². The van der Waals surface area contributed by atoms with Gasteiger partial charge < -0.3 is 5.32 Å². The van der Waals surface area contributed by atoms with Crippen LogP contribution in [0.1, 0.15) is 21.7 Å². The fraction of sp³-hybridized carbons (Fsp3) is 0.0952. The van der Waals surface area contributed by atoms with Gasteiger partial charge in [-0.2, -0.15) is 5.10 Å². The van der Waals surface area contributed by atoms with Crippen LogP contribution >= 0.6 is 0 Å². The summed E-state index contributed by atoms with van der Waals surface area (Å²) in [7, 11) is 0. The molecule has 3 rings (SSSR count). The van der Waals surface area contributed by atoms with Gasteiger partial charge in [-0.1, -0.05) is 42.2 Å². The van der Waals surface area contributed by atoms with Crippen molar-refractivity contribution >= 4 is 5.91 Å². The van der Waals surface area contributed by atoms with Crippen LogP contribution in [0.4, 0.5) is 4.39 Å². The predicted octanol–water partition coefficient (Wildman–Crippen LogP) is 2.46. The van der Waals surface area contributed by atoms with Crippen molar-refractivity contribution in [3.05, 3.63) is 93.7 Å². The molecule has 2 aromatic carbocycles. The van der Waals surface area contributed by atoms with E-state index in [1.54, 1.807) is 19.1 Å². The lowest BCUT2D eigenvalue weighted by atomic mass is 10.2. The van der Waals surface area contributed by atoms with E-state index in [2.05, 4.69) is 22.3 Å². The Balaban J connectivity index is 1.81. The molecule has 134 valence electrons. The molecule has 3 aromatic rings. The predicted molar refractivity (Wildman–Crippen MR) is 100 cm³/mol. The van der Waals surface area contributed by atoms with Crippen LogP contribution in [0, 0.1) is 24.6 Å². The van der Waals surface area contributed by atoms with E-state index >= 15 is 0 Å². The summed E-state index contributed by atoms with van der Waals surface area (Å²) in [4.78, 5) is 24.4. The third kappa shape index (κ3) is 4.28. The molecule has 0 aliphatic heterocycles. The molecule has 5 nitrogen and oxygen atoms in total. The average Bonchev–Trinajstić information content (AvgIpc) is 2.67. The fourth-order valence-corrected chi connectivity index (χ4v) is 2.45. The molecule has 0 radical (unpaired) electrons. The first kappa shape index (κ1) is 18.1. The highest BCUT2D eigenvalue weighted by atomic mass is 19.1. The van der Waals surface area contributed by atoms with Gasteiger partial charge in [0.15, 0.2) is 5.69 Å². The van der Waals surface area contributed by atoms with E-state index < -0.39 is 17.2 Å². The number of amides is 1. The van der Waals surface area contributed by atoms with Crippen molar-refractivity contribution in [2.75, 3.05) is 6.54 Å². The summed E-state index contributed by atoms with van der Waals surface area (Å²) in [6.45, 7) is 1.68. The van der Waals surface area contributed by atoms with Crippen LogP contribution in [0.3, 0.4) is 0 Å². The molecule has 6 heteroatoms. The second-order valence-corrected chi connectivity index (χ2v) is 5.71. The van der Waals surface area contributed by atoms with Crippen LogP contribution in [0.25, 0.3) is 5.69 Å². The van der Waals surface area contributed by atoms with Crippen LogP contribution in [0.2, 0.25) is 0 Å². The van der Waals surface area contributed by atoms with E-state index in [9.17, 15) is 14.0 Å². The number of hydrogen-bond acceptors (Lipinski definition) is 3. The van der Waals surface area contributed by atoms with Gasteiger partial charge >= 0.3 is 0 Å². The summed E-state index contributed by atoms with van der Waals surface area (Å²) < 4.78 is 15.3. The Morgan fingerprint density at radius 2 is 1.85 bits per heavy atom. The maximum Gasteiger partial charge on any atom is 0.276 e. The first-order chi connectivity index (χ1) is 13.1. The first-order valence-corrected chi connectivity index (χ1v) is 8.24. The first-order valence-electron chi connectivity index (χ1n) is 8.24. The molecule has 0 atom stereocenters. The highest BCUT2D eigenvalue weighted by Crippen LogP contribution is 2.13. The molecule has 27 heavy (non-hydrogen) atoms. The normalized spacial score (nSPS) is 10.0. The quantitative estimate of drug-likeness (QED) is 0.729.